The normalized spacial score (nSPS) is 13.0. The molecule has 0 saturated heterocycles. The Hall–Kier alpha value is -2.09. The molecule has 134 valence electrons. The number of amides is 1. The molecule has 0 heterocycles. The number of nitrogens with one attached hydrogen (secondary N) is 1. The maximum Gasteiger partial charge on any atom is 0.409 e. The number of esters is 1. The van der Waals surface area contributed by atoms with Gasteiger partial charge in [-0.2, -0.15) is 0 Å². The number of carbonyl (C=O) groups is 2. The fraction of sp³-hybridized carbons (Fsp3) is 0.500. The van der Waals surface area contributed by atoms with Gasteiger partial charge in [-0.15, -0.1) is 0 Å². The molecule has 0 radical (unpaired) electrons. The van der Waals surface area contributed by atoms with E-state index < -0.39 is 32.9 Å². The summed E-state index contributed by atoms with van der Waals surface area (Å²) in [4.78, 5) is 23.9. The lowest BCUT2D eigenvalue weighted by atomic mass is 10.2. The summed E-state index contributed by atoms with van der Waals surface area (Å²) >= 11 is 0. The minimum atomic E-state index is -4.18. The third-order valence-electron chi connectivity index (χ3n) is 2.81. The summed E-state index contributed by atoms with van der Waals surface area (Å²) in [5.74, 6) is -1.07. The average molecular weight is 357 g/mol. The van der Waals surface area contributed by atoms with Crippen LogP contribution in [0.3, 0.4) is 0 Å². The van der Waals surface area contributed by atoms with E-state index in [2.05, 4.69) is 5.32 Å². The van der Waals surface area contributed by atoms with E-state index in [1.807, 2.05) is 0 Å². The Kier molecular flexibility index (Phi) is 6.36. The highest BCUT2D eigenvalue weighted by molar-refractivity contribution is 7.92. The van der Waals surface area contributed by atoms with Crippen LogP contribution in [-0.4, -0.2) is 38.1 Å². The minimum Gasteiger partial charge on any atom is -0.464 e. The van der Waals surface area contributed by atoms with Crippen LogP contribution in [0.2, 0.25) is 0 Å². The van der Waals surface area contributed by atoms with Crippen molar-refractivity contribution in [1.29, 1.82) is 0 Å². The second-order valence-electron chi connectivity index (χ2n) is 6.14. The number of carbonyl (C=O) groups excluding carboxylic acids is 2. The number of ether oxygens (including phenoxy) is 2. The summed E-state index contributed by atoms with van der Waals surface area (Å²) in [5.41, 5.74) is 0.0263. The van der Waals surface area contributed by atoms with Gasteiger partial charge < -0.3 is 9.47 Å². The Morgan fingerprint density at radius 1 is 1.17 bits per heavy atom. The Balaban J connectivity index is 3.15. The van der Waals surface area contributed by atoms with Crippen LogP contribution < -0.4 is 5.32 Å². The maximum atomic E-state index is 12.7. The number of alkyl carbamates (subject to hydrolysis) is 1. The van der Waals surface area contributed by atoms with E-state index in [4.69, 9.17) is 9.47 Å². The lowest BCUT2D eigenvalue weighted by molar-refractivity contribution is -0.143. The van der Waals surface area contributed by atoms with Crippen LogP contribution in [-0.2, 0) is 24.1 Å². The van der Waals surface area contributed by atoms with Gasteiger partial charge in [0.25, 0.3) is 0 Å². The SMILES string of the molecule is CCOC(=O)C(NC(=O)OC(C)(C)C)S(=O)(=O)c1ccc(C)cc1. The molecule has 0 saturated carbocycles. The largest absolute Gasteiger partial charge is 0.464 e. The van der Waals surface area contributed by atoms with Gasteiger partial charge in [0, 0.05) is 0 Å². The Morgan fingerprint density at radius 2 is 1.71 bits per heavy atom. The lowest BCUT2D eigenvalue weighted by Crippen LogP contribution is -2.48. The van der Waals surface area contributed by atoms with E-state index in [0.717, 1.165) is 5.56 Å². The van der Waals surface area contributed by atoms with Crippen LogP contribution in [0, 0.1) is 6.92 Å². The van der Waals surface area contributed by atoms with E-state index in [0.29, 0.717) is 0 Å². The van der Waals surface area contributed by atoms with Crippen molar-refractivity contribution in [2.24, 2.45) is 0 Å². The van der Waals surface area contributed by atoms with Gasteiger partial charge in [0.2, 0.25) is 15.2 Å². The molecule has 0 aliphatic rings. The van der Waals surface area contributed by atoms with Crippen molar-refractivity contribution in [3.63, 3.8) is 0 Å². The number of aryl methyl sites for hydroxylation is 1. The molecular weight excluding hydrogens is 334 g/mol. The molecule has 1 N–H and O–H groups in total. The molecular formula is C16H23NO6S. The Morgan fingerprint density at radius 3 is 2.17 bits per heavy atom. The summed E-state index contributed by atoms with van der Waals surface area (Å²) < 4.78 is 35.2. The molecule has 0 fully saturated rings. The first-order valence-corrected chi connectivity index (χ1v) is 8.98. The second-order valence-corrected chi connectivity index (χ2v) is 8.17. The number of hydrogen-bond donors (Lipinski definition) is 1. The zero-order valence-corrected chi connectivity index (χ0v) is 15.3. The van der Waals surface area contributed by atoms with Gasteiger partial charge in [-0.25, -0.2) is 18.0 Å². The van der Waals surface area contributed by atoms with Crippen LogP contribution in [0.1, 0.15) is 33.3 Å². The van der Waals surface area contributed by atoms with E-state index >= 15 is 0 Å². The van der Waals surface area contributed by atoms with Crippen molar-refractivity contribution >= 4 is 21.9 Å². The molecule has 1 rings (SSSR count). The predicted octanol–water partition coefficient (Wildman–Crippen LogP) is 2.18. The molecule has 0 aliphatic carbocycles. The molecule has 0 aromatic heterocycles. The van der Waals surface area contributed by atoms with Crippen LogP contribution in [0.15, 0.2) is 29.2 Å². The molecule has 1 unspecified atom stereocenters. The monoisotopic (exact) mass is 357 g/mol. The van der Waals surface area contributed by atoms with Crippen molar-refractivity contribution in [3.05, 3.63) is 29.8 Å². The molecule has 1 amide bonds. The van der Waals surface area contributed by atoms with E-state index in [9.17, 15) is 18.0 Å². The fourth-order valence-corrected chi connectivity index (χ4v) is 3.12. The summed E-state index contributed by atoms with van der Waals surface area (Å²) in [7, 11) is -4.18. The maximum absolute atomic E-state index is 12.7. The molecule has 1 atom stereocenters. The Labute approximate surface area is 142 Å². The van der Waals surface area contributed by atoms with Gasteiger partial charge >= 0.3 is 12.1 Å². The number of rotatable bonds is 5. The van der Waals surface area contributed by atoms with E-state index in [1.54, 1.807) is 46.8 Å². The third-order valence-corrected chi connectivity index (χ3v) is 4.67. The standard InChI is InChI=1S/C16H23NO6S/c1-6-22-14(18)13(17-15(19)23-16(3,4)5)24(20,21)12-9-7-11(2)8-10-12/h7-10,13H,6H2,1-5H3,(H,17,19). The van der Waals surface area contributed by atoms with Crippen molar-refractivity contribution in [2.75, 3.05) is 6.61 Å². The van der Waals surface area contributed by atoms with Gasteiger partial charge in [0.15, 0.2) is 0 Å². The van der Waals surface area contributed by atoms with Crippen molar-refractivity contribution < 1.29 is 27.5 Å². The quantitative estimate of drug-likeness (QED) is 0.811. The van der Waals surface area contributed by atoms with Gasteiger partial charge in [0.1, 0.15) is 5.60 Å². The van der Waals surface area contributed by atoms with Crippen molar-refractivity contribution in [3.8, 4) is 0 Å². The van der Waals surface area contributed by atoms with Crippen LogP contribution >= 0.6 is 0 Å². The molecule has 8 heteroatoms. The highest BCUT2D eigenvalue weighted by atomic mass is 32.2. The Bertz CT molecular complexity index is 688. The van der Waals surface area contributed by atoms with Crippen LogP contribution in [0.5, 0.6) is 0 Å². The lowest BCUT2D eigenvalue weighted by Gasteiger charge is -2.23. The molecule has 7 nitrogen and oxygen atoms in total. The molecule has 1 aromatic carbocycles. The van der Waals surface area contributed by atoms with Gasteiger partial charge in [0.05, 0.1) is 11.5 Å². The van der Waals surface area contributed by atoms with Crippen LogP contribution in [0.4, 0.5) is 4.79 Å². The van der Waals surface area contributed by atoms with Crippen molar-refractivity contribution in [2.45, 2.75) is 50.5 Å². The van der Waals surface area contributed by atoms with Crippen LogP contribution in [0.25, 0.3) is 0 Å². The van der Waals surface area contributed by atoms with E-state index in [-0.39, 0.29) is 11.5 Å². The summed E-state index contributed by atoms with van der Waals surface area (Å²) in [6.07, 6.45) is -1.02. The smallest absolute Gasteiger partial charge is 0.409 e. The first kappa shape index (κ1) is 20.0. The molecule has 0 spiro atoms. The highest BCUT2D eigenvalue weighted by Crippen LogP contribution is 2.17. The van der Waals surface area contributed by atoms with Gasteiger partial charge in [-0.05, 0) is 46.8 Å². The first-order valence-electron chi connectivity index (χ1n) is 7.44. The summed E-state index contributed by atoms with van der Waals surface area (Å²) in [6.45, 7) is 8.20. The second kappa shape index (κ2) is 7.65. The van der Waals surface area contributed by atoms with Gasteiger partial charge in [-0.1, -0.05) is 17.7 Å². The third kappa shape index (κ3) is 5.52. The minimum absolute atomic E-state index is 0.0191. The molecule has 1 aromatic rings. The van der Waals surface area contributed by atoms with E-state index in [1.165, 1.54) is 12.1 Å². The zero-order valence-electron chi connectivity index (χ0n) is 14.5. The number of hydrogen-bond acceptors (Lipinski definition) is 6. The first-order chi connectivity index (χ1) is 11.0. The molecule has 0 bridgehead atoms. The fourth-order valence-electron chi connectivity index (χ4n) is 1.76. The molecule has 0 aliphatic heterocycles. The summed E-state index contributed by atoms with van der Waals surface area (Å²) in [6, 6.07) is 5.94. The predicted molar refractivity (Wildman–Crippen MR) is 88.2 cm³/mol. The van der Waals surface area contributed by atoms with Gasteiger partial charge in [-0.3, -0.25) is 5.32 Å². The number of benzene rings is 1. The molecule has 24 heavy (non-hydrogen) atoms. The highest BCUT2D eigenvalue weighted by Gasteiger charge is 2.38. The average Bonchev–Trinajstić information content (AvgIpc) is 2.43. The zero-order chi connectivity index (χ0) is 18.5. The van der Waals surface area contributed by atoms with Crippen molar-refractivity contribution in [1.82, 2.24) is 5.32 Å². The topological polar surface area (TPSA) is 98.8 Å². The summed E-state index contributed by atoms with van der Waals surface area (Å²) in [5, 5.41) is 0.208. The number of sulfone groups is 1.